The summed E-state index contributed by atoms with van der Waals surface area (Å²) >= 11 is 0. The second-order valence-corrected chi connectivity index (χ2v) is 7.69. The number of benzene rings is 1. The molecule has 1 saturated carbocycles. The molecule has 0 atom stereocenters. The Morgan fingerprint density at radius 1 is 1.14 bits per heavy atom. The SMILES string of the molecule is Cl.N#CCC(=O)NC1CCC(CCN2CCN(c3ccccc3F)CC2)CC1. The van der Waals surface area contributed by atoms with Crippen molar-refractivity contribution in [2.75, 3.05) is 37.6 Å². The molecule has 1 saturated heterocycles. The fourth-order valence-corrected chi connectivity index (χ4v) is 4.23. The molecule has 5 nitrogen and oxygen atoms in total. The van der Waals surface area contributed by atoms with Gasteiger partial charge in [0.2, 0.25) is 5.91 Å². The van der Waals surface area contributed by atoms with Gasteiger partial charge in [0.25, 0.3) is 0 Å². The van der Waals surface area contributed by atoms with Gasteiger partial charge in [0.1, 0.15) is 12.2 Å². The molecule has 2 fully saturated rings. The molecule has 1 aliphatic heterocycles. The first-order chi connectivity index (χ1) is 13.2. The van der Waals surface area contributed by atoms with Crippen LogP contribution in [0.25, 0.3) is 0 Å². The highest BCUT2D eigenvalue weighted by molar-refractivity contribution is 5.85. The van der Waals surface area contributed by atoms with Crippen molar-refractivity contribution < 1.29 is 9.18 Å². The van der Waals surface area contributed by atoms with Crippen molar-refractivity contribution in [1.29, 1.82) is 5.26 Å². The lowest BCUT2D eigenvalue weighted by atomic mass is 9.84. The van der Waals surface area contributed by atoms with Gasteiger partial charge < -0.3 is 10.2 Å². The van der Waals surface area contributed by atoms with Gasteiger partial charge in [0.15, 0.2) is 0 Å². The Morgan fingerprint density at radius 2 is 1.82 bits per heavy atom. The van der Waals surface area contributed by atoms with Crippen molar-refractivity contribution in [3.05, 3.63) is 30.1 Å². The molecule has 0 radical (unpaired) electrons. The summed E-state index contributed by atoms with van der Waals surface area (Å²) in [6, 6.07) is 9.16. The van der Waals surface area contributed by atoms with E-state index in [9.17, 15) is 9.18 Å². The van der Waals surface area contributed by atoms with Gasteiger partial charge in [-0.05, 0) is 56.7 Å². The van der Waals surface area contributed by atoms with E-state index >= 15 is 0 Å². The highest BCUT2D eigenvalue weighted by atomic mass is 35.5. The van der Waals surface area contributed by atoms with Gasteiger partial charge in [-0.1, -0.05) is 12.1 Å². The van der Waals surface area contributed by atoms with Crippen molar-refractivity contribution in [2.45, 2.75) is 44.6 Å². The van der Waals surface area contributed by atoms with Gasteiger partial charge in [-0.15, -0.1) is 12.4 Å². The van der Waals surface area contributed by atoms with E-state index in [0.29, 0.717) is 5.69 Å². The summed E-state index contributed by atoms with van der Waals surface area (Å²) in [6.45, 7) is 4.81. The Balaban J connectivity index is 0.00000280. The number of hydrogen-bond donors (Lipinski definition) is 1. The number of anilines is 1. The van der Waals surface area contributed by atoms with Gasteiger partial charge in [-0.3, -0.25) is 9.69 Å². The van der Waals surface area contributed by atoms with Crippen LogP contribution in [-0.4, -0.2) is 49.6 Å². The second-order valence-electron chi connectivity index (χ2n) is 7.69. The number of halogens is 2. The van der Waals surface area contributed by atoms with Crippen molar-refractivity contribution in [1.82, 2.24) is 10.2 Å². The molecule has 0 bridgehead atoms. The standard InChI is InChI=1S/C21H29FN4O.ClH/c22-19-3-1-2-4-20(19)26-15-13-25(14-16-26)12-10-17-5-7-18(8-6-17)24-21(27)9-11-23;/h1-4,17-18H,5-10,12-16H2,(H,24,27);1H. The number of piperazine rings is 1. The number of carbonyl (C=O) groups is 1. The van der Waals surface area contributed by atoms with Crippen LogP contribution >= 0.6 is 12.4 Å². The van der Waals surface area contributed by atoms with E-state index in [2.05, 4.69) is 15.1 Å². The Labute approximate surface area is 173 Å². The molecule has 1 aromatic rings. The molecule has 0 spiro atoms. The minimum absolute atomic E-state index is 0. The number of nitriles is 1. The molecule has 2 aliphatic rings. The van der Waals surface area contributed by atoms with Crippen LogP contribution < -0.4 is 10.2 Å². The Hall–Kier alpha value is -1.84. The van der Waals surface area contributed by atoms with E-state index < -0.39 is 0 Å². The van der Waals surface area contributed by atoms with Crippen molar-refractivity contribution in [3.8, 4) is 6.07 Å². The highest BCUT2D eigenvalue weighted by Gasteiger charge is 2.24. The molecule has 0 aromatic heterocycles. The Kier molecular flexibility index (Phi) is 9.01. The van der Waals surface area contributed by atoms with Crippen LogP contribution in [0.15, 0.2) is 24.3 Å². The lowest BCUT2D eigenvalue weighted by molar-refractivity contribution is -0.121. The van der Waals surface area contributed by atoms with Gasteiger partial charge >= 0.3 is 0 Å². The van der Waals surface area contributed by atoms with E-state index in [4.69, 9.17) is 5.26 Å². The van der Waals surface area contributed by atoms with Crippen LogP contribution in [0.3, 0.4) is 0 Å². The number of amides is 1. The zero-order valence-corrected chi connectivity index (χ0v) is 17.1. The van der Waals surface area contributed by atoms with Crippen LogP contribution in [-0.2, 0) is 4.79 Å². The predicted octanol–water partition coefficient (Wildman–Crippen LogP) is 3.35. The predicted molar refractivity (Wildman–Crippen MR) is 111 cm³/mol. The molecular formula is C21H30ClFN4O. The fourth-order valence-electron chi connectivity index (χ4n) is 4.23. The molecule has 1 aromatic carbocycles. The molecule has 1 heterocycles. The van der Waals surface area contributed by atoms with Crippen LogP contribution in [0.5, 0.6) is 0 Å². The van der Waals surface area contributed by atoms with E-state index in [-0.39, 0.29) is 36.6 Å². The highest BCUT2D eigenvalue weighted by Crippen LogP contribution is 2.27. The Bertz CT molecular complexity index is 665. The normalized spacial score (nSPS) is 22.8. The third-order valence-electron chi connectivity index (χ3n) is 5.87. The minimum Gasteiger partial charge on any atom is -0.367 e. The summed E-state index contributed by atoms with van der Waals surface area (Å²) in [6.07, 6.45) is 5.47. The third-order valence-corrected chi connectivity index (χ3v) is 5.87. The molecule has 1 N–H and O–H groups in total. The number of carbonyl (C=O) groups excluding carboxylic acids is 1. The van der Waals surface area contributed by atoms with Crippen LogP contribution in [0, 0.1) is 23.1 Å². The van der Waals surface area contributed by atoms with Gasteiger partial charge in [-0.25, -0.2) is 4.39 Å². The second kappa shape index (κ2) is 11.2. The smallest absolute Gasteiger partial charge is 0.234 e. The number of hydrogen-bond acceptors (Lipinski definition) is 4. The van der Waals surface area contributed by atoms with Gasteiger partial charge in [0.05, 0.1) is 11.8 Å². The summed E-state index contributed by atoms with van der Waals surface area (Å²) in [4.78, 5) is 16.1. The van der Waals surface area contributed by atoms with E-state index in [1.54, 1.807) is 6.07 Å². The lowest BCUT2D eigenvalue weighted by Crippen LogP contribution is -2.47. The third kappa shape index (κ3) is 6.35. The number of rotatable bonds is 6. The first-order valence-corrected chi connectivity index (χ1v) is 10.0. The number of nitrogens with zero attached hydrogens (tertiary/aromatic N) is 3. The molecule has 7 heteroatoms. The zero-order chi connectivity index (χ0) is 19.1. The van der Waals surface area contributed by atoms with E-state index in [0.717, 1.165) is 64.3 Å². The first kappa shape index (κ1) is 22.4. The van der Waals surface area contributed by atoms with Crippen LogP contribution in [0.2, 0.25) is 0 Å². The zero-order valence-electron chi connectivity index (χ0n) is 16.3. The van der Waals surface area contributed by atoms with Crippen molar-refractivity contribution >= 4 is 24.0 Å². The quantitative estimate of drug-likeness (QED) is 0.784. The Morgan fingerprint density at radius 3 is 2.46 bits per heavy atom. The first-order valence-electron chi connectivity index (χ1n) is 10.0. The van der Waals surface area contributed by atoms with Crippen molar-refractivity contribution in [3.63, 3.8) is 0 Å². The van der Waals surface area contributed by atoms with Gasteiger partial charge in [0, 0.05) is 32.2 Å². The molecule has 1 aliphatic carbocycles. The lowest BCUT2D eigenvalue weighted by Gasteiger charge is -2.37. The topological polar surface area (TPSA) is 59.4 Å². The summed E-state index contributed by atoms with van der Waals surface area (Å²) in [5, 5.41) is 11.5. The number of nitrogens with one attached hydrogen (secondary N) is 1. The maximum atomic E-state index is 13.9. The average molecular weight is 409 g/mol. The molecule has 28 heavy (non-hydrogen) atoms. The molecule has 0 unspecified atom stereocenters. The van der Waals surface area contributed by atoms with E-state index in [1.165, 1.54) is 12.5 Å². The monoisotopic (exact) mass is 408 g/mol. The molecular weight excluding hydrogens is 379 g/mol. The molecule has 154 valence electrons. The average Bonchev–Trinajstić information content (AvgIpc) is 2.68. The van der Waals surface area contributed by atoms with E-state index in [1.807, 2.05) is 18.2 Å². The van der Waals surface area contributed by atoms with Crippen LogP contribution in [0.1, 0.15) is 38.5 Å². The van der Waals surface area contributed by atoms with Gasteiger partial charge in [-0.2, -0.15) is 5.26 Å². The largest absolute Gasteiger partial charge is 0.367 e. The molecule has 1 amide bonds. The maximum absolute atomic E-state index is 13.9. The van der Waals surface area contributed by atoms with Crippen molar-refractivity contribution in [2.24, 2.45) is 5.92 Å². The fraction of sp³-hybridized carbons (Fsp3) is 0.619. The number of para-hydroxylation sites is 1. The summed E-state index contributed by atoms with van der Waals surface area (Å²) in [7, 11) is 0. The summed E-state index contributed by atoms with van der Waals surface area (Å²) in [5.41, 5.74) is 0.717. The maximum Gasteiger partial charge on any atom is 0.234 e. The van der Waals surface area contributed by atoms with Crippen LogP contribution in [0.4, 0.5) is 10.1 Å². The minimum atomic E-state index is -0.145. The summed E-state index contributed by atoms with van der Waals surface area (Å²) < 4.78 is 13.9. The summed E-state index contributed by atoms with van der Waals surface area (Å²) in [5.74, 6) is 0.442. The molecule has 3 rings (SSSR count).